The zero-order chi connectivity index (χ0) is 29.0. The van der Waals surface area contributed by atoms with Gasteiger partial charge in [0, 0.05) is 16.1 Å². The van der Waals surface area contributed by atoms with E-state index in [-0.39, 0.29) is 5.75 Å². The van der Waals surface area contributed by atoms with Gasteiger partial charge in [-0.3, -0.25) is 4.79 Å². The number of hydrogen-bond donors (Lipinski definition) is 1. The minimum Gasteiger partial charge on any atom is -0.493 e. The smallest absolute Gasteiger partial charge is 0.336 e. The molecule has 4 rings (SSSR count). The maximum Gasteiger partial charge on any atom is 0.336 e. The number of rotatable bonds is 11. The molecule has 0 fully saturated rings. The molecule has 41 heavy (non-hydrogen) atoms. The van der Waals surface area contributed by atoms with Gasteiger partial charge in [-0.25, -0.2) is 10.2 Å². The highest BCUT2D eigenvalue weighted by Crippen LogP contribution is 2.28. The number of ether oxygens (including phenoxy) is 4. The van der Waals surface area contributed by atoms with E-state index in [0.29, 0.717) is 32.9 Å². The van der Waals surface area contributed by atoms with Crippen molar-refractivity contribution in [1.82, 2.24) is 5.43 Å². The molecule has 0 atom stereocenters. The zero-order valence-electron chi connectivity index (χ0n) is 21.7. The van der Waals surface area contributed by atoms with Crippen LogP contribution < -0.4 is 24.4 Å². The van der Waals surface area contributed by atoms with E-state index < -0.39 is 18.2 Å². The van der Waals surface area contributed by atoms with Gasteiger partial charge < -0.3 is 18.9 Å². The number of esters is 1. The molecule has 4 aromatic carbocycles. The van der Waals surface area contributed by atoms with Crippen LogP contribution in [-0.4, -0.2) is 31.5 Å². The van der Waals surface area contributed by atoms with Crippen LogP contribution >= 0.6 is 23.2 Å². The normalized spacial score (nSPS) is 11.0. The predicted molar refractivity (Wildman–Crippen MR) is 158 cm³/mol. The van der Waals surface area contributed by atoms with Gasteiger partial charge >= 0.3 is 18.2 Å². The SMILES string of the molecule is COc1cc(/C=N/NC(=O)C(Oc2ccc(Cl)cc2)Oc2ccc(Cl)cc2)ccc1OC(=O)/C=C/c1ccccc1. The Morgan fingerprint density at radius 1 is 0.780 bits per heavy atom. The van der Waals surface area contributed by atoms with E-state index in [1.807, 2.05) is 30.3 Å². The summed E-state index contributed by atoms with van der Waals surface area (Å²) in [7, 11) is 1.45. The number of nitrogens with one attached hydrogen (secondary N) is 1. The van der Waals surface area contributed by atoms with Crippen molar-refractivity contribution in [2.75, 3.05) is 7.11 Å². The largest absolute Gasteiger partial charge is 0.493 e. The molecule has 0 heterocycles. The van der Waals surface area contributed by atoms with Crippen molar-refractivity contribution in [2.45, 2.75) is 6.29 Å². The molecule has 208 valence electrons. The average Bonchev–Trinajstić information content (AvgIpc) is 2.99. The molecule has 1 amide bonds. The minimum absolute atomic E-state index is 0.226. The van der Waals surface area contributed by atoms with E-state index in [0.717, 1.165) is 5.56 Å². The van der Waals surface area contributed by atoms with Crippen LogP contribution in [0.4, 0.5) is 0 Å². The third kappa shape index (κ3) is 9.13. The number of hydrazone groups is 1. The fourth-order valence-corrected chi connectivity index (χ4v) is 3.60. The van der Waals surface area contributed by atoms with E-state index in [2.05, 4.69) is 10.5 Å². The molecule has 0 unspecified atom stereocenters. The fourth-order valence-electron chi connectivity index (χ4n) is 3.35. The third-order valence-electron chi connectivity index (χ3n) is 5.33. The fraction of sp³-hybridized carbons (Fsp3) is 0.0645. The molecule has 0 aliphatic rings. The standard InChI is InChI=1S/C31H24Cl2N2O6/c1-38-28-19-22(7-17-27(28)41-29(36)18-8-21-5-3-2-4-6-21)20-34-35-30(37)31(39-25-13-9-23(32)10-14-25)40-26-15-11-24(33)12-16-26/h2-20,31H,1H3,(H,35,37)/b18-8+,34-20+. The second-order valence-electron chi connectivity index (χ2n) is 8.29. The van der Waals surface area contributed by atoms with Crippen molar-refractivity contribution in [3.05, 3.63) is 124 Å². The average molecular weight is 591 g/mol. The van der Waals surface area contributed by atoms with Crippen molar-refractivity contribution < 1.29 is 28.5 Å². The Bertz CT molecular complexity index is 1480. The summed E-state index contributed by atoms with van der Waals surface area (Å²) in [5, 5.41) is 5.03. The van der Waals surface area contributed by atoms with Crippen LogP contribution in [0.1, 0.15) is 11.1 Å². The maximum absolute atomic E-state index is 12.9. The highest BCUT2D eigenvalue weighted by Gasteiger charge is 2.23. The summed E-state index contributed by atoms with van der Waals surface area (Å²) in [6.07, 6.45) is 2.99. The van der Waals surface area contributed by atoms with Crippen molar-refractivity contribution >= 4 is 47.4 Å². The Morgan fingerprint density at radius 2 is 1.39 bits per heavy atom. The Hall–Kier alpha value is -4.79. The first-order valence-corrected chi connectivity index (χ1v) is 13.0. The summed E-state index contributed by atoms with van der Waals surface area (Å²) >= 11 is 11.9. The van der Waals surface area contributed by atoms with Crippen LogP contribution in [0.2, 0.25) is 10.0 Å². The molecule has 0 aliphatic heterocycles. The van der Waals surface area contributed by atoms with Gasteiger partial charge in [0.05, 0.1) is 13.3 Å². The lowest BCUT2D eigenvalue weighted by Crippen LogP contribution is -2.40. The van der Waals surface area contributed by atoms with Gasteiger partial charge in [0.1, 0.15) is 11.5 Å². The van der Waals surface area contributed by atoms with Crippen LogP contribution in [-0.2, 0) is 9.59 Å². The molecule has 0 bridgehead atoms. The Morgan fingerprint density at radius 3 is 1.98 bits per heavy atom. The lowest BCUT2D eigenvalue weighted by Gasteiger charge is -2.19. The number of hydrogen-bond acceptors (Lipinski definition) is 7. The zero-order valence-corrected chi connectivity index (χ0v) is 23.2. The molecular formula is C31H24Cl2N2O6. The number of amides is 1. The van der Waals surface area contributed by atoms with Crippen molar-refractivity contribution in [2.24, 2.45) is 5.10 Å². The summed E-state index contributed by atoms with van der Waals surface area (Å²) in [6.45, 7) is 0. The second-order valence-corrected chi connectivity index (χ2v) is 9.16. The van der Waals surface area contributed by atoms with E-state index >= 15 is 0 Å². The van der Waals surface area contributed by atoms with E-state index in [4.69, 9.17) is 42.1 Å². The number of carbonyl (C=O) groups is 2. The summed E-state index contributed by atoms with van der Waals surface area (Å²) in [6, 6.07) is 27.1. The first-order valence-electron chi connectivity index (χ1n) is 12.2. The molecule has 8 nitrogen and oxygen atoms in total. The van der Waals surface area contributed by atoms with Crippen molar-refractivity contribution in [3.63, 3.8) is 0 Å². The van der Waals surface area contributed by atoms with Crippen LogP contribution in [0.5, 0.6) is 23.0 Å². The quantitative estimate of drug-likeness (QED) is 0.0531. The highest BCUT2D eigenvalue weighted by atomic mass is 35.5. The van der Waals surface area contributed by atoms with Crippen LogP contribution in [0, 0.1) is 0 Å². The highest BCUT2D eigenvalue weighted by molar-refractivity contribution is 6.30. The van der Waals surface area contributed by atoms with Gasteiger partial charge in [-0.05, 0) is 83.9 Å². The van der Waals surface area contributed by atoms with Gasteiger partial charge in [0.25, 0.3) is 0 Å². The van der Waals surface area contributed by atoms with E-state index in [1.165, 1.54) is 19.4 Å². The molecule has 0 saturated carbocycles. The summed E-state index contributed by atoms with van der Waals surface area (Å²) in [5.74, 6) is 0.0185. The van der Waals surface area contributed by atoms with Crippen LogP contribution in [0.3, 0.4) is 0 Å². The number of halogens is 2. The summed E-state index contributed by atoms with van der Waals surface area (Å²) in [4.78, 5) is 25.2. The molecule has 0 spiro atoms. The van der Waals surface area contributed by atoms with Crippen molar-refractivity contribution in [3.8, 4) is 23.0 Å². The molecule has 0 aromatic heterocycles. The van der Waals surface area contributed by atoms with E-state index in [1.54, 1.807) is 72.8 Å². The second kappa shape index (κ2) is 14.6. The lowest BCUT2D eigenvalue weighted by molar-refractivity contribution is -0.140. The maximum atomic E-state index is 12.9. The third-order valence-corrected chi connectivity index (χ3v) is 5.83. The number of methoxy groups -OCH3 is 1. The van der Waals surface area contributed by atoms with Gasteiger partial charge in [0.15, 0.2) is 11.5 Å². The lowest BCUT2D eigenvalue weighted by atomic mass is 10.2. The van der Waals surface area contributed by atoms with Crippen molar-refractivity contribution in [1.29, 1.82) is 0 Å². The first-order chi connectivity index (χ1) is 19.9. The molecule has 1 N–H and O–H groups in total. The predicted octanol–water partition coefficient (Wildman–Crippen LogP) is 6.56. The Balaban J connectivity index is 1.41. The Labute approximate surface area is 246 Å². The molecule has 10 heteroatoms. The number of nitrogens with zero attached hydrogens (tertiary/aromatic N) is 1. The number of carbonyl (C=O) groups excluding carboxylic acids is 2. The molecule has 0 saturated heterocycles. The summed E-state index contributed by atoms with van der Waals surface area (Å²) < 4.78 is 22.2. The monoisotopic (exact) mass is 590 g/mol. The van der Waals surface area contributed by atoms with Crippen LogP contribution in [0.15, 0.2) is 108 Å². The molecule has 0 aliphatic carbocycles. The van der Waals surface area contributed by atoms with E-state index in [9.17, 15) is 9.59 Å². The Kier molecular flexibility index (Phi) is 10.4. The van der Waals surface area contributed by atoms with Gasteiger partial charge in [0.2, 0.25) is 0 Å². The molecular weight excluding hydrogens is 567 g/mol. The topological polar surface area (TPSA) is 95.5 Å². The van der Waals surface area contributed by atoms with Gasteiger partial charge in [-0.15, -0.1) is 0 Å². The van der Waals surface area contributed by atoms with Crippen LogP contribution in [0.25, 0.3) is 6.08 Å². The first kappa shape index (κ1) is 29.2. The van der Waals surface area contributed by atoms with Gasteiger partial charge in [-0.2, -0.15) is 5.10 Å². The molecule has 4 aromatic rings. The summed E-state index contributed by atoms with van der Waals surface area (Å²) in [5.41, 5.74) is 3.83. The minimum atomic E-state index is -1.38. The number of benzene rings is 4. The van der Waals surface area contributed by atoms with Gasteiger partial charge in [-0.1, -0.05) is 53.5 Å². The molecule has 0 radical (unpaired) electrons.